The van der Waals surface area contributed by atoms with Gasteiger partial charge >= 0.3 is 0 Å². The Labute approximate surface area is 146 Å². The van der Waals surface area contributed by atoms with Crippen LogP contribution < -0.4 is 0 Å². The second-order valence-electron chi connectivity index (χ2n) is 7.08. The summed E-state index contributed by atoms with van der Waals surface area (Å²) in [5.74, 6) is 2.65. The van der Waals surface area contributed by atoms with Gasteiger partial charge in [-0.15, -0.1) is 0 Å². The number of nitrogens with zero attached hydrogens (tertiary/aromatic N) is 5. The first-order valence-electron chi connectivity index (χ1n) is 8.82. The Balaban J connectivity index is 1.37. The molecule has 0 bridgehead atoms. The van der Waals surface area contributed by atoms with Crippen LogP contribution in [0.15, 0.2) is 15.1 Å². The molecule has 1 aliphatic carbocycles. The van der Waals surface area contributed by atoms with E-state index in [9.17, 15) is 4.79 Å². The van der Waals surface area contributed by atoms with Gasteiger partial charge in [0, 0.05) is 38.0 Å². The zero-order chi connectivity index (χ0) is 17.4. The minimum atomic E-state index is 0.0418. The Morgan fingerprint density at radius 3 is 2.84 bits per heavy atom. The van der Waals surface area contributed by atoms with E-state index >= 15 is 0 Å². The van der Waals surface area contributed by atoms with Gasteiger partial charge in [-0.1, -0.05) is 10.3 Å². The average Bonchev–Trinajstić information content (AvgIpc) is 2.95. The van der Waals surface area contributed by atoms with E-state index in [-0.39, 0.29) is 11.9 Å². The smallest absolute Gasteiger partial charge is 0.229 e. The van der Waals surface area contributed by atoms with Gasteiger partial charge in [-0.25, -0.2) is 0 Å². The van der Waals surface area contributed by atoms with Gasteiger partial charge < -0.3 is 13.9 Å². The minimum absolute atomic E-state index is 0.0418. The van der Waals surface area contributed by atoms with E-state index in [0.717, 1.165) is 50.4 Å². The van der Waals surface area contributed by atoms with Gasteiger partial charge in [-0.05, 0) is 26.2 Å². The van der Waals surface area contributed by atoms with E-state index in [0.29, 0.717) is 24.2 Å². The van der Waals surface area contributed by atoms with Crippen LogP contribution >= 0.6 is 0 Å². The molecule has 0 N–H and O–H groups in total. The largest absolute Gasteiger partial charge is 0.360 e. The van der Waals surface area contributed by atoms with Crippen molar-refractivity contribution in [1.82, 2.24) is 25.1 Å². The van der Waals surface area contributed by atoms with Gasteiger partial charge in [-0.2, -0.15) is 4.98 Å². The zero-order valence-corrected chi connectivity index (χ0v) is 14.6. The number of amides is 1. The molecule has 0 spiro atoms. The van der Waals surface area contributed by atoms with Crippen molar-refractivity contribution in [2.24, 2.45) is 0 Å². The highest BCUT2D eigenvalue weighted by atomic mass is 16.5. The molecule has 1 saturated carbocycles. The molecule has 1 saturated heterocycles. The van der Waals surface area contributed by atoms with Crippen molar-refractivity contribution in [3.05, 3.63) is 29.2 Å². The third-order valence-corrected chi connectivity index (χ3v) is 4.87. The summed E-state index contributed by atoms with van der Waals surface area (Å²) in [7, 11) is 0. The third kappa shape index (κ3) is 3.73. The second-order valence-corrected chi connectivity index (χ2v) is 7.08. The van der Waals surface area contributed by atoms with Crippen molar-refractivity contribution in [2.45, 2.75) is 58.2 Å². The number of likely N-dealkylation sites (tertiary alicyclic amines) is 1. The molecule has 3 heterocycles. The zero-order valence-electron chi connectivity index (χ0n) is 14.6. The highest BCUT2D eigenvalue weighted by Crippen LogP contribution is 2.38. The Morgan fingerprint density at radius 1 is 1.32 bits per heavy atom. The number of aromatic nitrogens is 3. The number of carbonyl (C=O) groups excluding carboxylic acids is 1. The topological polar surface area (TPSA) is 88.5 Å². The van der Waals surface area contributed by atoms with Crippen molar-refractivity contribution in [2.75, 3.05) is 13.1 Å². The van der Waals surface area contributed by atoms with Crippen LogP contribution in [-0.2, 0) is 17.9 Å². The summed E-state index contributed by atoms with van der Waals surface area (Å²) >= 11 is 0. The lowest BCUT2D eigenvalue weighted by Crippen LogP contribution is -2.40. The highest BCUT2D eigenvalue weighted by molar-refractivity contribution is 5.73. The van der Waals surface area contributed by atoms with Crippen LogP contribution in [-0.4, -0.2) is 50.1 Å². The number of rotatable bonds is 6. The first kappa shape index (κ1) is 16.3. The molecular weight excluding hydrogens is 322 g/mol. The summed E-state index contributed by atoms with van der Waals surface area (Å²) in [5.41, 5.74) is 0.889. The molecule has 0 radical (unpaired) electrons. The van der Waals surface area contributed by atoms with Crippen LogP contribution in [0.4, 0.5) is 0 Å². The molecule has 2 fully saturated rings. The summed E-state index contributed by atoms with van der Waals surface area (Å²) in [4.78, 5) is 20.7. The first-order chi connectivity index (χ1) is 12.1. The Morgan fingerprint density at radius 2 is 2.16 bits per heavy atom. The highest BCUT2D eigenvalue weighted by Gasteiger charge is 2.33. The van der Waals surface area contributed by atoms with Crippen LogP contribution in [0.2, 0.25) is 0 Å². The molecule has 1 amide bonds. The van der Waals surface area contributed by atoms with Crippen molar-refractivity contribution in [1.29, 1.82) is 0 Å². The average molecular weight is 345 g/mol. The summed E-state index contributed by atoms with van der Waals surface area (Å²) < 4.78 is 10.6. The first-order valence-corrected chi connectivity index (χ1v) is 8.82. The van der Waals surface area contributed by atoms with Crippen LogP contribution in [0, 0.1) is 6.92 Å². The van der Waals surface area contributed by atoms with Gasteiger partial charge in [-0.3, -0.25) is 9.69 Å². The molecule has 1 aliphatic heterocycles. The van der Waals surface area contributed by atoms with Gasteiger partial charge in [0.25, 0.3) is 0 Å². The van der Waals surface area contributed by atoms with E-state index in [4.69, 9.17) is 9.05 Å². The normalized spacial score (nSPS) is 21.0. The Hall–Kier alpha value is -2.22. The van der Waals surface area contributed by atoms with E-state index in [1.807, 2.05) is 17.9 Å². The monoisotopic (exact) mass is 345 g/mol. The number of hydrogen-bond donors (Lipinski definition) is 0. The lowest BCUT2D eigenvalue weighted by molar-refractivity contribution is -0.131. The number of carbonyl (C=O) groups is 1. The molecule has 0 unspecified atom stereocenters. The van der Waals surface area contributed by atoms with Gasteiger partial charge in [0.1, 0.15) is 0 Å². The van der Waals surface area contributed by atoms with E-state index in [1.54, 1.807) is 6.92 Å². The summed E-state index contributed by atoms with van der Waals surface area (Å²) in [5, 5.41) is 7.97. The van der Waals surface area contributed by atoms with Crippen molar-refractivity contribution >= 4 is 5.91 Å². The second kappa shape index (κ2) is 6.59. The maximum atomic E-state index is 12.1. The predicted octanol–water partition coefficient (Wildman–Crippen LogP) is 1.87. The minimum Gasteiger partial charge on any atom is -0.360 e. The van der Waals surface area contributed by atoms with Gasteiger partial charge in [0.15, 0.2) is 11.6 Å². The number of aryl methyl sites for hydroxylation is 1. The molecular formula is C17H23N5O3. The fraction of sp³-hybridized carbons (Fsp3) is 0.647. The van der Waals surface area contributed by atoms with Crippen molar-refractivity contribution in [3.63, 3.8) is 0 Å². The molecule has 4 rings (SSSR count). The van der Waals surface area contributed by atoms with E-state index < -0.39 is 0 Å². The van der Waals surface area contributed by atoms with Crippen LogP contribution in [0.5, 0.6) is 0 Å². The Kier molecular flexibility index (Phi) is 4.29. The molecule has 2 aromatic heterocycles. The van der Waals surface area contributed by atoms with E-state index in [1.165, 1.54) is 0 Å². The fourth-order valence-electron chi connectivity index (χ4n) is 3.40. The molecule has 134 valence electrons. The van der Waals surface area contributed by atoms with Gasteiger partial charge in [0.05, 0.1) is 18.8 Å². The fourth-order valence-corrected chi connectivity index (χ4v) is 3.40. The molecule has 2 aliphatic rings. The third-order valence-electron chi connectivity index (χ3n) is 4.87. The van der Waals surface area contributed by atoms with Crippen LogP contribution in [0.1, 0.15) is 55.3 Å². The summed E-state index contributed by atoms with van der Waals surface area (Å²) in [6.45, 7) is 6.38. The molecule has 2 aromatic rings. The van der Waals surface area contributed by atoms with Gasteiger partial charge in [0.2, 0.25) is 11.8 Å². The van der Waals surface area contributed by atoms with E-state index in [2.05, 4.69) is 20.2 Å². The van der Waals surface area contributed by atoms with Crippen molar-refractivity contribution in [3.8, 4) is 0 Å². The standard InChI is InChI=1S/C17H23N5O3/c1-11-7-15(24-19-11)9-21-6-5-14(8-21)22(12(2)23)10-16-18-17(25-20-16)13-3-4-13/h7,13-14H,3-6,8-10H2,1-2H3/t14-/m1/s1. The van der Waals surface area contributed by atoms with Crippen LogP contribution in [0.3, 0.4) is 0 Å². The lowest BCUT2D eigenvalue weighted by Gasteiger charge is -2.26. The predicted molar refractivity (Wildman–Crippen MR) is 87.4 cm³/mol. The Bertz CT molecular complexity index is 751. The molecule has 8 nitrogen and oxygen atoms in total. The maximum absolute atomic E-state index is 12.1. The SMILES string of the molecule is CC(=O)N(Cc1noc(C2CC2)n1)[C@@H]1CCN(Cc2cc(C)no2)C1. The van der Waals surface area contributed by atoms with Crippen LogP contribution in [0.25, 0.3) is 0 Å². The molecule has 25 heavy (non-hydrogen) atoms. The summed E-state index contributed by atoms with van der Waals surface area (Å²) in [6.07, 6.45) is 3.17. The summed E-state index contributed by atoms with van der Waals surface area (Å²) in [6, 6.07) is 2.11. The maximum Gasteiger partial charge on any atom is 0.229 e. The molecule has 1 atom stereocenters. The molecule has 8 heteroatoms. The number of hydrogen-bond acceptors (Lipinski definition) is 7. The lowest BCUT2D eigenvalue weighted by atomic mass is 10.2. The van der Waals surface area contributed by atoms with Crippen molar-refractivity contribution < 1.29 is 13.8 Å². The quantitative estimate of drug-likeness (QED) is 0.789. The molecule has 0 aromatic carbocycles.